The fourth-order valence-corrected chi connectivity index (χ4v) is 4.03. The second kappa shape index (κ2) is 4.63. The molecule has 0 amide bonds. The van der Waals surface area contributed by atoms with Crippen LogP contribution in [0.15, 0.2) is 0 Å². The number of methoxy groups -OCH3 is 1. The number of fused-ring (bicyclic) bond motifs is 1. The average molecular weight is 227 g/mol. The zero-order valence-electron chi connectivity index (χ0n) is 11.2. The first-order valence-corrected chi connectivity index (χ1v) is 6.77. The molecule has 0 saturated carbocycles. The van der Waals surface area contributed by atoms with E-state index >= 15 is 0 Å². The lowest BCUT2D eigenvalue weighted by Gasteiger charge is -2.48. The molecule has 94 valence electrons. The van der Waals surface area contributed by atoms with Crippen molar-refractivity contribution in [1.82, 2.24) is 5.43 Å². The minimum atomic E-state index is 0.445. The molecule has 0 aliphatic carbocycles. The summed E-state index contributed by atoms with van der Waals surface area (Å²) in [6.45, 7) is 10.7. The summed E-state index contributed by atoms with van der Waals surface area (Å²) in [5, 5.41) is 0. The van der Waals surface area contributed by atoms with Gasteiger partial charge in [0.25, 0.3) is 0 Å². The van der Waals surface area contributed by atoms with Gasteiger partial charge in [-0.25, -0.2) is 4.59 Å². The van der Waals surface area contributed by atoms with Gasteiger partial charge < -0.3 is 4.74 Å². The normalized spacial score (nSPS) is 48.0. The number of ether oxygens (including phenoxy) is 1. The van der Waals surface area contributed by atoms with Gasteiger partial charge in [0.05, 0.1) is 19.6 Å². The molecular weight excluding hydrogens is 200 g/mol. The summed E-state index contributed by atoms with van der Waals surface area (Å²) in [6.07, 6.45) is 2.93. The molecule has 2 saturated heterocycles. The Morgan fingerprint density at radius 3 is 2.75 bits per heavy atom. The molecular formula is C13H27N2O+. The molecule has 3 nitrogen and oxygen atoms in total. The van der Waals surface area contributed by atoms with Gasteiger partial charge in [0, 0.05) is 18.9 Å². The molecule has 0 radical (unpaired) electrons. The molecule has 2 heterocycles. The summed E-state index contributed by atoms with van der Waals surface area (Å²) in [5.41, 5.74) is 3.77. The third-order valence-corrected chi connectivity index (χ3v) is 4.46. The van der Waals surface area contributed by atoms with Gasteiger partial charge in [-0.15, -0.1) is 0 Å². The number of quaternary nitrogens is 1. The summed E-state index contributed by atoms with van der Waals surface area (Å²) >= 11 is 0. The number of hydrogen-bond donors (Lipinski definition) is 1. The maximum Gasteiger partial charge on any atom is 0.137 e. The predicted octanol–water partition coefficient (Wildman–Crippen LogP) is 1.79. The molecule has 0 aromatic heterocycles. The molecule has 1 N–H and O–H groups in total. The van der Waals surface area contributed by atoms with Crippen molar-refractivity contribution < 1.29 is 9.33 Å². The molecule has 0 aromatic carbocycles. The molecule has 16 heavy (non-hydrogen) atoms. The van der Waals surface area contributed by atoms with Crippen molar-refractivity contribution in [1.29, 1.82) is 0 Å². The van der Waals surface area contributed by atoms with Gasteiger partial charge in [-0.05, 0) is 12.8 Å². The maximum absolute atomic E-state index is 5.76. The van der Waals surface area contributed by atoms with Crippen LogP contribution in [0.3, 0.4) is 0 Å². The number of piperidine rings is 1. The van der Waals surface area contributed by atoms with Gasteiger partial charge in [0.15, 0.2) is 0 Å². The predicted molar refractivity (Wildman–Crippen MR) is 65.8 cm³/mol. The SMILES string of the molecule is CCC[N+]12CC(C)CC(OC)C1C(C)CN2. The molecule has 0 aromatic rings. The van der Waals surface area contributed by atoms with Crippen molar-refractivity contribution in [3.8, 4) is 0 Å². The Morgan fingerprint density at radius 1 is 1.38 bits per heavy atom. The van der Waals surface area contributed by atoms with Gasteiger partial charge in [-0.1, -0.05) is 20.8 Å². The van der Waals surface area contributed by atoms with Crippen LogP contribution in [0, 0.1) is 11.8 Å². The molecule has 5 atom stereocenters. The molecule has 0 bridgehead atoms. The second-order valence-electron chi connectivity index (χ2n) is 5.89. The van der Waals surface area contributed by atoms with E-state index in [4.69, 9.17) is 4.74 Å². The summed E-state index contributed by atoms with van der Waals surface area (Å²) in [4.78, 5) is 0. The van der Waals surface area contributed by atoms with E-state index in [1.54, 1.807) is 0 Å². The molecule has 2 aliphatic heterocycles. The zero-order chi connectivity index (χ0) is 11.8. The smallest absolute Gasteiger partial charge is 0.137 e. The van der Waals surface area contributed by atoms with Crippen molar-refractivity contribution in [2.45, 2.75) is 45.8 Å². The van der Waals surface area contributed by atoms with Crippen LogP contribution in [0.5, 0.6) is 0 Å². The van der Waals surface area contributed by atoms with Gasteiger partial charge >= 0.3 is 0 Å². The Morgan fingerprint density at radius 2 is 2.12 bits per heavy atom. The van der Waals surface area contributed by atoms with Crippen LogP contribution in [-0.2, 0) is 4.74 Å². The Balaban J connectivity index is 2.23. The lowest BCUT2D eigenvalue weighted by Crippen LogP contribution is -2.67. The summed E-state index contributed by atoms with van der Waals surface area (Å²) in [7, 11) is 1.88. The first-order chi connectivity index (χ1) is 7.63. The highest BCUT2D eigenvalue weighted by Gasteiger charge is 2.54. The van der Waals surface area contributed by atoms with Gasteiger partial charge in [-0.3, -0.25) is 0 Å². The van der Waals surface area contributed by atoms with Crippen LogP contribution in [-0.4, -0.2) is 43.5 Å². The van der Waals surface area contributed by atoms with E-state index in [1.807, 2.05) is 7.11 Å². The number of nitrogens with one attached hydrogen (secondary N) is 1. The van der Waals surface area contributed by atoms with Gasteiger partial charge in [0.2, 0.25) is 0 Å². The Kier molecular flexibility index (Phi) is 3.57. The van der Waals surface area contributed by atoms with Crippen LogP contribution in [0.2, 0.25) is 0 Å². The average Bonchev–Trinajstić information content (AvgIpc) is 2.55. The topological polar surface area (TPSA) is 21.3 Å². The Bertz CT molecular complexity index is 242. The lowest BCUT2D eigenvalue weighted by atomic mass is 9.85. The summed E-state index contributed by atoms with van der Waals surface area (Å²) < 4.78 is 6.87. The zero-order valence-corrected chi connectivity index (χ0v) is 11.2. The highest BCUT2D eigenvalue weighted by atomic mass is 16.5. The number of hydrogen-bond acceptors (Lipinski definition) is 2. The first kappa shape index (κ1) is 12.3. The minimum Gasteiger partial charge on any atom is -0.375 e. The highest BCUT2D eigenvalue weighted by molar-refractivity contribution is 4.87. The van der Waals surface area contributed by atoms with Crippen LogP contribution in [0.4, 0.5) is 0 Å². The van der Waals surface area contributed by atoms with Crippen molar-refractivity contribution in [3.05, 3.63) is 0 Å². The van der Waals surface area contributed by atoms with Crippen molar-refractivity contribution in [2.24, 2.45) is 11.8 Å². The van der Waals surface area contributed by atoms with Crippen molar-refractivity contribution in [3.63, 3.8) is 0 Å². The van der Waals surface area contributed by atoms with E-state index in [1.165, 1.54) is 25.9 Å². The third kappa shape index (κ3) is 1.89. The van der Waals surface area contributed by atoms with Crippen LogP contribution in [0.1, 0.15) is 33.6 Å². The van der Waals surface area contributed by atoms with Gasteiger partial charge in [-0.2, -0.15) is 5.43 Å². The van der Waals surface area contributed by atoms with E-state index < -0.39 is 0 Å². The monoisotopic (exact) mass is 227 g/mol. The maximum atomic E-state index is 5.76. The molecule has 2 fully saturated rings. The molecule has 2 aliphatic rings. The fourth-order valence-electron chi connectivity index (χ4n) is 4.03. The molecule has 3 heteroatoms. The Hall–Kier alpha value is -0.120. The standard InChI is InChI=1S/C13H27N2O/c1-5-6-15-9-10(2)7-12(16-4)13(15)11(3)8-14-15/h10-14H,5-9H2,1-4H3/q+1. The Labute approximate surface area is 99.7 Å². The van der Waals surface area contributed by atoms with Crippen molar-refractivity contribution in [2.75, 3.05) is 26.7 Å². The minimum absolute atomic E-state index is 0.445. The van der Waals surface area contributed by atoms with Crippen LogP contribution in [0.25, 0.3) is 0 Å². The fraction of sp³-hybridized carbons (Fsp3) is 1.00. The number of nitrogens with zero attached hydrogens (tertiary/aromatic N) is 1. The molecule has 0 spiro atoms. The van der Waals surface area contributed by atoms with E-state index in [0.717, 1.165) is 23.0 Å². The molecule has 2 rings (SSSR count). The highest BCUT2D eigenvalue weighted by Crippen LogP contribution is 2.37. The summed E-state index contributed by atoms with van der Waals surface area (Å²) in [6, 6.07) is 0.668. The quantitative estimate of drug-likeness (QED) is 0.742. The van der Waals surface area contributed by atoms with Gasteiger partial charge in [0.1, 0.15) is 12.1 Å². The van der Waals surface area contributed by atoms with E-state index in [2.05, 4.69) is 26.2 Å². The van der Waals surface area contributed by atoms with E-state index in [-0.39, 0.29) is 0 Å². The van der Waals surface area contributed by atoms with E-state index in [0.29, 0.717) is 12.1 Å². The van der Waals surface area contributed by atoms with Crippen LogP contribution < -0.4 is 5.43 Å². The van der Waals surface area contributed by atoms with Crippen molar-refractivity contribution >= 4 is 0 Å². The number of rotatable bonds is 3. The third-order valence-electron chi connectivity index (χ3n) is 4.46. The first-order valence-electron chi connectivity index (χ1n) is 6.77. The van der Waals surface area contributed by atoms with E-state index in [9.17, 15) is 0 Å². The summed E-state index contributed by atoms with van der Waals surface area (Å²) in [5.74, 6) is 1.51. The molecule has 5 unspecified atom stereocenters. The largest absolute Gasteiger partial charge is 0.375 e. The second-order valence-corrected chi connectivity index (χ2v) is 5.89. The van der Waals surface area contributed by atoms with Crippen LogP contribution >= 0.6 is 0 Å². The lowest BCUT2D eigenvalue weighted by molar-refractivity contribution is -0.990.